The first-order valence-corrected chi connectivity index (χ1v) is 12.7. The molecule has 188 valence electrons. The summed E-state index contributed by atoms with van der Waals surface area (Å²) >= 11 is 0. The standard InChI is InChI=1S/C30H28FN3O3/c1-18(2)16-23-25-26(28(36)34(27(25)35)21-8-4-3-5-9-21)30(32-23)22-10-6-7-11-24(22)33(29(30)37)17-19-12-14-20(31)15-13-19/h3-15,18,23,25-26,32H,16-17H2,1-2H3/t23-,25+,26+,30+/m1/s1. The van der Waals surface area contributed by atoms with E-state index in [1.54, 1.807) is 41.3 Å². The first kappa shape index (κ1) is 23.6. The lowest BCUT2D eigenvalue weighted by Gasteiger charge is -2.31. The van der Waals surface area contributed by atoms with Gasteiger partial charge in [-0.25, -0.2) is 9.29 Å². The van der Waals surface area contributed by atoms with Crippen LogP contribution in [0.5, 0.6) is 0 Å². The fourth-order valence-corrected chi connectivity index (χ4v) is 6.42. The minimum absolute atomic E-state index is 0.232. The van der Waals surface area contributed by atoms with Crippen LogP contribution in [0.4, 0.5) is 15.8 Å². The van der Waals surface area contributed by atoms with E-state index in [1.807, 2.05) is 30.3 Å². The van der Waals surface area contributed by atoms with Crippen molar-refractivity contribution in [1.29, 1.82) is 0 Å². The first-order valence-electron chi connectivity index (χ1n) is 12.7. The maximum absolute atomic E-state index is 14.4. The van der Waals surface area contributed by atoms with E-state index in [1.165, 1.54) is 17.0 Å². The van der Waals surface area contributed by atoms with Crippen LogP contribution in [-0.2, 0) is 26.5 Å². The number of halogens is 1. The van der Waals surface area contributed by atoms with Crippen LogP contribution in [0.3, 0.4) is 0 Å². The van der Waals surface area contributed by atoms with Gasteiger partial charge >= 0.3 is 0 Å². The Morgan fingerprint density at radius 1 is 0.892 bits per heavy atom. The minimum Gasteiger partial charge on any atom is -0.306 e. The number of rotatable bonds is 5. The van der Waals surface area contributed by atoms with Gasteiger partial charge < -0.3 is 4.90 Å². The minimum atomic E-state index is -1.35. The van der Waals surface area contributed by atoms with Gasteiger partial charge in [-0.15, -0.1) is 0 Å². The molecule has 0 saturated carbocycles. The molecule has 3 aromatic rings. The third-order valence-electron chi connectivity index (χ3n) is 7.86. The number of carbonyl (C=O) groups is 3. The topological polar surface area (TPSA) is 69.7 Å². The fourth-order valence-electron chi connectivity index (χ4n) is 6.42. The average molecular weight is 498 g/mol. The summed E-state index contributed by atoms with van der Waals surface area (Å²) in [6, 6.07) is 22.1. The predicted molar refractivity (Wildman–Crippen MR) is 138 cm³/mol. The summed E-state index contributed by atoms with van der Waals surface area (Å²) in [4.78, 5) is 45.3. The molecule has 4 atom stereocenters. The third-order valence-corrected chi connectivity index (χ3v) is 7.86. The van der Waals surface area contributed by atoms with Crippen molar-refractivity contribution >= 4 is 29.1 Å². The van der Waals surface area contributed by atoms with E-state index in [9.17, 15) is 18.8 Å². The van der Waals surface area contributed by atoms with Crippen molar-refractivity contribution in [3.63, 3.8) is 0 Å². The molecule has 3 amide bonds. The highest BCUT2D eigenvalue weighted by atomic mass is 19.1. The van der Waals surface area contributed by atoms with Crippen molar-refractivity contribution in [3.8, 4) is 0 Å². The highest BCUT2D eigenvalue weighted by Gasteiger charge is 2.71. The molecule has 0 unspecified atom stereocenters. The largest absolute Gasteiger partial charge is 0.306 e. The number of nitrogens with zero attached hydrogens (tertiary/aromatic N) is 2. The Morgan fingerprint density at radius 2 is 1.57 bits per heavy atom. The number of carbonyl (C=O) groups excluding carboxylic acids is 3. The van der Waals surface area contributed by atoms with Gasteiger partial charge in [-0.05, 0) is 48.2 Å². The quantitative estimate of drug-likeness (QED) is 0.531. The van der Waals surface area contributed by atoms with Gasteiger partial charge in [0.15, 0.2) is 0 Å². The number of hydrogen-bond acceptors (Lipinski definition) is 4. The molecule has 6 nitrogen and oxygen atoms in total. The summed E-state index contributed by atoms with van der Waals surface area (Å²) in [5.41, 5.74) is 1.35. The molecule has 2 fully saturated rings. The molecule has 0 aliphatic carbocycles. The summed E-state index contributed by atoms with van der Waals surface area (Å²) in [6.45, 7) is 4.38. The van der Waals surface area contributed by atoms with Crippen molar-refractivity contribution in [1.82, 2.24) is 5.32 Å². The molecule has 3 heterocycles. The van der Waals surface area contributed by atoms with E-state index in [4.69, 9.17) is 0 Å². The number of anilines is 2. The van der Waals surface area contributed by atoms with E-state index >= 15 is 0 Å². The molecule has 3 aromatic carbocycles. The maximum Gasteiger partial charge on any atom is 0.253 e. The molecule has 6 rings (SSSR count). The van der Waals surface area contributed by atoms with Crippen LogP contribution in [0.25, 0.3) is 0 Å². The van der Waals surface area contributed by atoms with Gasteiger partial charge in [0.25, 0.3) is 5.91 Å². The fraction of sp³-hybridized carbons (Fsp3) is 0.300. The lowest BCUT2D eigenvalue weighted by atomic mass is 9.76. The molecule has 3 aliphatic rings. The van der Waals surface area contributed by atoms with Crippen molar-refractivity contribution in [2.75, 3.05) is 9.80 Å². The smallest absolute Gasteiger partial charge is 0.253 e. The van der Waals surface area contributed by atoms with Crippen LogP contribution in [0.1, 0.15) is 31.4 Å². The molecule has 0 aromatic heterocycles. The van der Waals surface area contributed by atoms with Crippen LogP contribution in [0, 0.1) is 23.6 Å². The lowest BCUT2D eigenvalue weighted by molar-refractivity contribution is -0.132. The zero-order chi connectivity index (χ0) is 25.9. The number of para-hydroxylation sites is 2. The Labute approximate surface area is 215 Å². The molecule has 37 heavy (non-hydrogen) atoms. The van der Waals surface area contributed by atoms with Gasteiger partial charge in [-0.2, -0.15) is 0 Å². The number of nitrogens with one attached hydrogen (secondary N) is 1. The Morgan fingerprint density at radius 3 is 2.27 bits per heavy atom. The zero-order valence-corrected chi connectivity index (χ0v) is 20.7. The molecule has 0 radical (unpaired) electrons. The van der Waals surface area contributed by atoms with Gasteiger partial charge in [0.1, 0.15) is 11.4 Å². The summed E-state index contributed by atoms with van der Waals surface area (Å²) in [5, 5.41) is 3.54. The van der Waals surface area contributed by atoms with Gasteiger partial charge in [0.2, 0.25) is 11.8 Å². The van der Waals surface area contributed by atoms with Crippen LogP contribution >= 0.6 is 0 Å². The van der Waals surface area contributed by atoms with Crippen molar-refractivity contribution < 1.29 is 18.8 Å². The van der Waals surface area contributed by atoms with Crippen LogP contribution < -0.4 is 15.1 Å². The second kappa shape index (κ2) is 8.63. The number of benzene rings is 3. The molecular weight excluding hydrogens is 469 g/mol. The van der Waals surface area contributed by atoms with Crippen molar-refractivity contribution in [3.05, 3.63) is 95.8 Å². The molecule has 0 bridgehead atoms. The Bertz CT molecular complexity index is 1390. The Balaban J connectivity index is 1.48. The predicted octanol–water partition coefficient (Wildman–Crippen LogP) is 4.39. The second-order valence-corrected chi connectivity index (χ2v) is 10.6. The summed E-state index contributed by atoms with van der Waals surface area (Å²) in [7, 11) is 0. The SMILES string of the molecule is CC(C)C[C@H]1N[C@]2(C(=O)N(Cc3ccc(F)cc3)c3ccccc32)[C@@H]2C(=O)N(c3ccccc3)C(=O)[C@H]21. The van der Waals surface area contributed by atoms with E-state index in [2.05, 4.69) is 19.2 Å². The average Bonchev–Trinajstić information content (AvgIpc) is 3.44. The molecule has 1 N–H and O–H groups in total. The highest BCUT2D eigenvalue weighted by Crippen LogP contribution is 2.56. The van der Waals surface area contributed by atoms with Crippen molar-refractivity contribution in [2.24, 2.45) is 17.8 Å². The van der Waals surface area contributed by atoms with Gasteiger partial charge in [0.05, 0.1) is 24.1 Å². The normalized spacial score (nSPS) is 26.5. The van der Waals surface area contributed by atoms with Gasteiger partial charge in [0, 0.05) is 17.3 Å². The summed E-state index contributed by atoms with van der Waals surface area (Å²) in [5.74, 6) is -2.49. The monoisotopic (exact) mass is 497 g/mol. The van der Waals surface area contributed by atoms with Gasteiger partial charge in [-0.3, -0.25) is 19.7 Å². The van der Waals surface area contributed by atoms with Crippen LogP contribution in [0.15, 0.2) is 78.9 Å². The Hall–Kier alpha value is -3.84. The zero-order valence-electron chi connectivity index (χ0n) is 20.7. The maximum atomic E-state index is 14.4. The molecule has 2 saturated heterocycles. The van der Waals surface area contributed by atoms with E-state index in [0.29, 0.717) is 23.4 Å². The summed E-state index contributed by atoms with van der Waals surface area (Å²) < 4.78 is 13.5. The number of fused-ring (bicyclic) bond motifs is 4. The third kappa shape index (κ3) is 3.44. The number of hydrogen-bond donors (Lipinski definition) is 1. The molecule has 1 spiro atoms. The van der Waals surface area contributed by atoms with Crippen molar-refractivity contribution in [2.45, 2.75) is 38.4 Å². The first-order chi connectivity index (χ1) is 17.8. The second-order valence-electron chi connectivity index (χ2n) is 10.6. The van der Waals surface area contributed by atoms with E-state index in [0.717, 1.165) is 5.56 Å². The summed E-state index contributed by atoms with van der Waals surface area (Å²) in [6.07, 6.45) is 0.651. The van der Waals surface area contributed by atoms with E-state index in [-0.39, 0.29) is 42.0 Å². The molecule has 7 heteroatoms. The number of amides is 3. The Kier molecular flexibility index (Phi) is 5.49. The lowest BCUT2D eigenvalue weighted by Crippen LogP contribution is -2.55. The van der Waals surface area contributed by atoms with Crippen LogP contribution in [0.2, 0.25) is 0 Å². The number of imide groups is 1. The highest BCUT2D eigenvalue weighted by molar-refractivity contribution is 6.26. The molecule has 3 aliphatic heterocycles. The van der Waals surface area contributed by atoms with E-state index < -0.39 is 17.4 Å². The van der Waals surface area contributed by atoms with Crippen LogP contribution in [-0.4, -0.2) is 23.8 Å². The van der Waals surface area contributed by atoms with Gasteiger partial charge in [-0.1, -0.05) is 62.4 Å². The molecular formula is C30H28FN3O3.